The van der Waals surface area contributed by atoms with Gasteiger partial charge >= 0.3 is 0 Å². The summed E-state index contributed by atoms with van der Waals surface area (Å²) >= 11 is 0. The fraction of sp³-hybridized carbons (Fsp3) is 0.0435. The van der Waals surface area contributed by atoms with Crippen LogP contribution in [0.5, 0.6) is 0 Å². The predicted octanol–water partition coefficient (Wildman–Crippen LogP) is 6.05. The molecule has 6 nitrogen and oxygen atoms in total. The maximum Gasteiger partial charge on any atom is 0.149 e. The fourth-order valence-corrected chi connectivity index (χ4v) is 3.44. The molecule has 0 amide bonds. The SMILES string of the molecule is O=Nc1cnccc1NCc1ccc2cncc(-c3cc4ccccc4o3)c2c1. The van der Waals surface area contributed by atoms with Gasteiger partial charge in [0.1, 0.15) is 17.0 Å². The first-order valence-electron chi connectivity index (χ1n) is 9.19. The second-order valence-corrected chi connectivity index (χ2v) is 6.73. The molecular formula is C23H16N4O2. The monoisotopic (exact) mass is 380 g/mol. The minimum Gasteiger partial charge on any atom is -0.456 e. The Balaban J connectivity index is 1.52. The Morgan fingerprint density at radius 3 is 2.76 bits per heavy atom. The molecule has 140 valence electrons. The largest absolute Gasteiger partial charge is 0.456 e. The summed E-state index contributed by atoms with van der Waals surface area (Å²) in [6.45, 7) is 0.546. The molecule has 0 unspecified atom stereocenters. The van der Waals surface area contributed by atoms with E-state index in [1.807, 2.05) is 54.9 Å². The van der Waals surface area contributed by atoms with Crippen LogP contribution in [0.15, 0.2) is 89.0 Å². The van der Waals surface area contributed by atoms with Gasteiger partial charge in [-0.2, -0.15) is 0 Å². The quantitative estimate of drug-likeness (QED) is 0.375. The Hall–Kier alpha value is -4.06. The summed E-state index contributed by atoms with van der Waals surface area (Å²) in [5.74, 6) is 0.788. The highest BCUT2D eigenvalue weighted by atomic mass is 16.3. The normalized spacial score (nSPS) is 11.0. The standard InChI is InChI=1S/C23H16N4O2/c28-27-21-14-24-8-7-20(21)26-11-15-5-6-17-12-25-13-19(18(17)9-15)23-10-16-3-1-2-4-22(16)29-23/h1-10,12-14H,11H2,(H,24,26). The van der Waals surface area contributed by atoms with E-state index < -0.39 is 0 Å². The summed E-state index contributed by atoms with van der Waals surface area (Å²) in [5, 5.41) is 9.41. The van der Waals surface area contributed by atoms with E-state index in [-0.39, 0.29) is 0 Å². The van der Waals surface area contributed by atoms with Crippen LogP contribution in [0.2, 0.25) is 0 Å². The maximum absolute atomic E-state index is 10.9. The number of rotatable bonds is 5. The van der Waals surface area contributed by atoms with Gasteiger partial charge in [0.05, 0.1) is 11.9 Å². The van der Waals surface area contributed by atoms with Crippen LogP contribution in [0.1, 0.15) is 5.56 Å². The van der Waals surface area contributed by atoms with Crippen molar-refractivity contribution in [1.29, 1.82) is 0 Å². The summed E-state index contributed by atoms with van der Waals surface area (Å²) in [7, 11) is 0. The van der Waals surface area contributed by atoms with Gasteiger partial charge in [0.25, 0.3) is 0 Å². The number of aromatic nitrogens is 2. The minimum atomic E-state index is 0.292. The molecule has 0 saturated heterocycles. The van der Waals surface area contributed by atoms with Gasteiger partial charge in [-0.05, 0) is 40.4 Å². The molecule has 0 aliphatic heterocycles. The molecule has 1 N–H and O–H groups in total. The molecule has 0 bridgehead atoms. The van der Waals surface area contributed by atoms with Crippen molar-refractivity contribution in [1.82, 2.24) is 9.97 Å². The number of para-hydroxylation sites is 1. The number of furan rings is 1. The van der Waals surface area contributed by atoms with Gasteiger partial charge < -0.3 is 9.73 Å². The molecule has 0 aliphatic rings. The second-order valence-electron chi connectivity index (χ2n) is 6.73. The number of fused-ring (bicyclic) bond motifs is 2. The van der Waals surface area contributed by atoms with E-state index in [2.05, 4.69) is 26.5 Å². The van der Waals surface area contributed by atoms with Crippen molar-refractivity contribution < 1.29 is 4.42 Å². The van der Waals surface area contributed by atoms with E-state index in [1.54, 1.807) is 12.3 Å². The van der Waals surface area contributed by atoms with E-state index in [9.17, 15) is 4.91 Å². The Labute approximate surface area is 166 Å². The van der Waals surface area contributed by atoms with Gasteiger partial charge in [0.2, 0.25) is 0 Å². The number of pyridine rings is 2. The van der Waals surface area contributed by atoms with Crippen molar-refractivity contribution in [2.45, 2.75) is 6.54 Å². The van der Waals surface area contributed by atoms with Crippen LogP contribution in [-0.4, -0.2) is 9.97 Å². The zero-order chi connectivity index (χ0) is 19.6. The maximum atomic E-state index is 10.9. The van der Waals surface area contributed by atoms with Crippen LogP contribution in [0.3, 0.4) is 0 Å². The fourth-order valence-electron chi connectivity index (χ4n) is 3.44. The van der Waals surface area contributed by atoms with Gasteiger partial charge in [0.15, 0.2) is 0 Å². The van der Waals surface area contributed by atoms with Crippen LogP contribution in [0.4, 0.5) is 11.4 Å². The zero-order valence-electron chi connectivity index (χ0n) is 15.4. The van der Waals surface area contributed by atoms with Crippen molar-refractivity contribution in [3.05, 3.63) is 89.9 Å². The molecule has 0 atom stereocenters. The van der Waals surface area contributed by atoms with Crippen LogP contribution in [0, 0.1) is 4.91 Å². The molecule has 5 rings (SSSR count). The molecule has 3 aromatic heterocycles. The van der Waals surface area contributed by atoms with E-state index in [4.69, 9.17) is 4.42 Å². The average molecular weight is 380 g/mol. The Kier molecular flexibility index (Phi) is 4.22. The third-order valence-corrected chi connectivity index (χ3v) is 4.90. The highest BCUT2D eigenvalue weighted by Crippen LogP contribution is 2.33. The number of benzene rings is 2. The summed E-state index contributed by atoms with van der Waals surface area (Å²) in [6.07, 6.45) is 6.74. The molecule has 0 fully saturated rings. The molecule has 0 aliphatic carbocycles. The van der Waals surface area contributed by atoms with Gasteiger partial charge in [-0.15, -0.1) is 4.91 Å². The topological polar surface area (TPSA) is 80.4 Å². The third kappa shape index (κ3) is 3.21. The second kappa shape index (κ2) is 7.16. The van der Waals surface area contributed by atoms with Gasteiger partial charge in [-0.25, -0.2) is 0 Å². The predicted molar refractivity (Wildman–Crippen MR) is 114 cm³/mol. The molecule has 2 aromatic carbocycles. The number of nitroso groups, excluding NO2 is 1. The van der Waals surface area contributed by atoms with E-state index in [1.165, 1.54) is 6.20 Å². The molecule has 3 heterocycles. The Morgan fingerprint density at radius 1 is 0.931 bits per heavy atom. The lowest BCUT2D eigenvalue weighted by atomic mass is 10.0. The zero-order valence-corrected chi connectivity index (χ0v) is 15.4. The lowest BCUT2D eigenvalue weighted by molar-refractivity contribution is 0.632. The first kappa shape index (κ1) is 17.1. The molecule has 0 spiro atoms. The van der Waals surface area contributed by atoms with E-state index in [0.717, 1.165) is 38.6 Å². The van der Waals surface area contributed by atoms with E-state index >= 15 is 0 Å². The van der Waals surface area contributed by atoms with Crippen LogP contribution in [0.25, 0.3) is 33.1 Å². The van der Waals surface area contributed by atoms with Crippen molar-refractivity contribution >= 4 is 33.1 Å². The number of nitrogens with one attached hydrogen (secondary N) is 1. The first-order valence-corrected chi connectivity index (χ1v) is 9.19. The lowest BCUT2D eigenvalue weighted by Crippen LogP contribution is -2.00. The first-order chi connectivity index (χ1) is 14.3. The molecule has 0 radical (unpaired) electrons. The molecule has 29 heavy (non-hydrogen) atoms. The van der Waals surface area contributed by atoms with Gasteiger partial charge in [0, 0.05) is 41.5 Å². The summed E-state index contributed by atoms with van der Waals surface area (Å²) in [5.41, 5.74) is 3.81. The summed E-state index contributed by atoms with van der Waals surface area (Å²) in [6, 6.07) is 17.9. The van der Waals surface area contributed by atoms with Crippen molar-refractivity contribution in [3.63, 3.8) is 0 Å². The summed E-state index contributed by atoms with van der Waals surface area (Å²) < 4.78 is 6.05. The molecule has 5 aromatic rings. The van der Waals surface area contributed by atoms with Crippen LogP contribution in [-0.2, 0) is 6.54 Å². The van der Waals surface area contributed by atoms with Gasteiger partial charge in [-0.1, -0.05) is 30.3 Å². The number of hydrogen-bond acceptors (Lipinski definition) is 6. The van der Waals surface area contributed by atoms with Gasteiger partial charge in [-0.3, -0.25) is 9.97 Å². The van der Waals surface area contributed by atoms with Crippen molar-refractivity contribution in [2.24, 2.45) is 5.18 Å². The smallest absolute Gasteiger partial charge is 0.149 e. The highest BCUT2D eigenvalue weighted by molar-refractivity contribution is 5.97. The summed E-state index contributed by atoms with van der Waals surface area (Å²) in [4.78, 5) is 19.2. The third-order valence-electron chi connectivity index (χ3n) is 4.90. The highest BCUT2D eigenvalue weighted by Gasteiger charge is 2.11. The molecular weight excluding hydrogens is 364 g/mol. The van der Waals surface area contributed by atoms with Crippen molar-refractivity contribution in [2.75, 3.05) is 5.32 Å². The Bertz CT molecular complexity index is 1310. The molecule has 0 saturated carbocycles. The minimum absolute atomic E-state index is 0.292. The number of hydrogen-bond donors (Lipinski definition) is 1. The number of anilines is 1. The number of nitrogens with zero attached hydrogens (tertiary/aromatic N) is 3. The van der Waals surface area contributed by atoms with Crippen LogP contribution >= 0.6 is 0 Å². The lowest BCUT2D eigenvalue weighted by Gasteiger charge is -2.10. The Morgan fingerprint density at radius 2 is 1.86 bits per heavy atom. The molecule has 6 heteroatoms. The van der Waals surface area contributed by atoms with Crippen LogP contribution < -0.4 is 5.32 Å². The van der Waals surface area contributed by atoms with E-state index in [0.29, 0.717) is 17.9 Å². The van der Waals surface area contributed by atoms with Crippen molar-refractivity contribution in [3.8, 4) is 11.3 Å². The average Bonchev–Trinajstić information content (AvgIpc) is 3.21.